The molecule has 7 nitrogen and oxygen atoms in total. The molecule has 3 aromatic rings. The largest absolute Gasteiger partial charge is 0.493 e. The third-order valence-electron chi connectivity index (χ3n) is 4.37. The van der Waals surface area contributed by atoms with Gasteiger partial charge in [-0.1, -0.05) is 22.9 Å². The highest BCUT2D eigenvalue weighted by molar-refractivity contribution is 7.16. The van der Waals surface area contributed by atoms with Crippen molar-refractivity contribution >= 4 is 45.0 Å². The normalized spacial score (nSPS) is 11.6. The van der Waals surface area contributed by atoms with Crippen LogP contribution in [0.4, 0.5) is 0 Å². The molecule has 0 aliphatic carbocycles. The van der Waals surface area contributed by atoms with Crippen molar-refractivity contribution in [3.63, 3.8) is 0 Å². The lowest BCUT2D eigenvalue weighted by molar-refractivity contribution is -0.141. The number of methoxy groups -OCH3 is 3. The summed E-state index contributed by atoms with van der Waals surface area (Å²) in [4.78, 5) is 29.4. The van der Waals surface area contributed by atoms with Crippen LogP contribution >= 0.6 is 22.9 Å². The van der Waals surface area contributed by atoms with E-state index in [0.717, 1.165) is 15.8 Å². The molecule has 9 heteroatoms. The molecule has 0 N–H and O–H groups in total. The summed E-state index contributed by atoms with van der Waals surface area (Å²) in [6.07, 6.45) is 0. The number of nitrogens with zero attached hydrogens (tertiary/aromatic N) is 2. The van der Waals surface area contributed by atoms with Crippen LogP contribution in [0.1, 0.15) is 15.9 Å². The standard InChI is InChI=1S/C20H19ClN2O5S/c1-11-13(21)6-8-16-18(11)23(10-17(24)28-4)20(29-16)22-19(25)12-5-7-14(26-2)15(9-12)27-3/h5-9H,10H2,1-4H3. The molecule has 0 unspecified atom stereocenters. The number of carbonyl (C=O) groups excluding carboxylic acids is 2. The van der Waals surface area contributed by atoms with Crippen LogP contribution in [0.3, 0.4) is 0 Å². The number of carbonyl (C=O) groups is 2. The van der Waals surface area contributed by atoms with Crippen molar-refractivity contribution in [2.75, 3.05) is 21.3 Å². The third-order valence-corrected chi connectivity index (χ3v) is 5.83. The van der Waals surface area contributed by atoms with Crippen LogP contribution in [0.15, 0.2) is 35.3 Å². The van der Waals surface area contributed by atoms with Crippen LogP contribution in [0.2, 0.25) is 5.02 Å². The quantitative estimate of drug-likeness (QED) is 0.573. The highest BCUT2D eigenvalue weighted by atomic mass is 35.5. The predicted molar refractivity (Wildman–Crippen MR) is 111 cm³/mol. The Balaban J connectivity index is 2.16. The number of aryl methyl sites for hydroxylation is 1. The van der Waals surface area contributed by atoms with Crippen molar-refractivity contribution in [2.45, 2.75) is 13.5 Å². The Morgan fingerprint density at radius 2 is 1.83 bits per heavy atom. The van der Waals surface area contributed by atoms with E-state index in [9.17, 15) is 9.59 Å². The van der Waals surface area contributed by atoms with Crippen LogP contribution < -0.4 is 14.3 Å². The molecular weight excluding hydrogens is 416 g/mol. The summed E-state index contributed by atoms with van der Waals surface area (Å²) in [5.74, 6) is 0.0101. The van der Waals surface area contributed by atoms with E-state index in [0.29, 0.717) is 26.9 Å². The predicted octanol–water partition coefficient (Wildman–Crippen LogP) is 3.60. The SMILES string of the molecule is COC(=O)Cn1c(=NC(=O)c2ccc(OC)c(OC)c2)sc2ccc(Cl)c(C)c21. The second kappa shape index (κ2) is 8.67. The molecule has 2 aromatic carbocycles. The Labute approximate surface area is 176 Å². The van der Waals surface area contributed by atoms with Crippen LogP contribution in [0.5, 0.6) is 11.5 Å². The smallest absolute Gasteiger partial charge is 0.325 e. The van der Waals surface area contributed by atoms with E-state index in [2.05, 4.69) is 4.99 Å². The number of fused-ring (bicyclic) bond motifs is 1. The Morgan fingerprint density at radius 3 is 2.48 bits per heavy atom. The number of hydrogen-bond acceptors (Lipinski definition) is 6. The third kappa shape index (κ3) is 4.13. The number of benzene rings is 2. The number of thiazole rings is 1. The van der Waals surface area contributed by atoms with Crippen LogP contribution in [-0.2, 0) is 16.1 Å². The number of rotatable bonds is 5. The van der Waals surface area contributed by atoms with Gasteiger partial charge in [-0.25, -0.2) is 0 Å². The minimum atomic E-state index is -0.472. The lowest BCUT2D eigenvalue weighted by atomic mass is 10.2. The highest BCUT2D eigenvalue weighted by Crippen LogP contribution is 2.29. The van der Waals surface area contributed by atoms with Gasteiger partial charge >= 0.3 is 5.97 Å². The zero-order valence-electron chi connectivity index (χ0n) is 16.3. The average Bonchev–Trinajstić information content (AvgIpc) is 3.07. The topological polar surface area (TPSA) is 79.1 Å². The molecule has 1 aromatic heterocycles. The number of ether oxygens (including phenoxy) is 3. The van der Waals surface area contributed by atoms with E-state index in [4.69, 9.17) is 25.8 Å². The zero-order valence-corrected chi connectivity index (χ0v) is 17.9. The van der Waals surface area contributed by atoms with Crippen molar-refractivity contribution in [2.24, 2.45) is 4.99 Å². The van der Waals surface area contributed by atoms with Gasteiger partial charge in [-0.05, 0) is 42.8 Å². The average molecular weight is 435 g/mol. The van der Waals surface area contributed by atoms with Gasteiger partial charge in [0.05, 0.1) is 31.5 Å². The molecule has 0 spiro atoms. The first-order valence-electron chi connectivity index (χ1n) is 8.56. The number of hydrogen-bond donors (Lipinski definition) is 0. The summed E-state index contributed by atoms with van der Waals surface area (Å²) in [6, 6.07) is 8.41. The van der Waals surface area contributed by atoms with E-state index < -0.39 is 11.9 Å². The van der Waals surface area contributed by atoms with E-state index >= 15 is 0 Å². The van der Waals surface area contributed by atoms with E-state index in [1.165, 1.54) is 32.7 Å². The Bertz CT molecular complexity index is 1170. The Morgan fingerprint density at radius 1 is 1.10 bits per heavy atom. The van der Waals surface area contributed by atoms with Gasteiger partial charge in [-0.2, -0.15) is 4.99 Å². The molecule has 1 amide bonds. The fraction of sp³-hybridized carbons (Fsp3) is 0.250. The van der Waals surface area contributed by atoms with E-state index in [-0.39, 0.29) is 6.54 Å². The summed E-state index contributed by atoms with van der Waals surface area (Å²) in [5, 5.41) is 0.562. The maximum absolute atomic E-state index is 12.8. The molecule has 0 bridgehead atoms. The van der Waals surface area contributed by atoms with Crippen molar-refractivity contribution in [3.8, 4) is 11.5 Å². The first kappa shape index (κ1) is 20.9. The van der Waals surface area contributed by atoms with Crippen molar-refractivity contribution in [1.29, 1.82) is 0 Å². The number of amides is 1. The number of esters is 1. The molecule has 0 aliphatic heterocycles. The Hall–Kier alpha value is -2.84. The first-order chi connectivity index (χ1) is 13.9. The van der Waals surface area contributed by atoms with E-state index in [1.807, 2.05) is 13.0 Å². The van der Waals surface area contributed by atoms with Crippen molar-refractivity contribution in [3.05, 3.63) is 51.3 Å². The maximum Gasteiger partial charge on any atom is 0.325 e. The fourth-order valence-electron chi connectivity index (χ4n) is 2.86. The first-order valence-corrected chi connectivity index (χ1v) is 9.75. The highest BCUT2D eigenvalue weighted by Gasteiger charge is 2.16. The molecular formula is C20H19ClN2O5S. The second-order valence-electron chi connectivity index (χ2n) is 6.05. The molecule has 0 saturated carbocycles. The van der Waals surface area contributed by atoms with Gasteiger partial charge in [0.2, 0.25) is 0 Å². The van der Waals surface area contributed by atoms with Gasteiger partial charge in [0.15, 0.2) is 16.3 Å². The minimum absolute atomic E-state index is 0.0876. The lowest BCUT2D eigenvalue weighted by Gasteiger charge is -2.08. The Kier molecular flexibility index (Phi) is 6.24. The van der Waals surface area contributed by atoms with Gasteiger partial charge in [0, 0.05) is 10.6 Å². The molecule has 152 valence electrons. The van der Waals surface area contributed by atoms with Gasteiger partial charge in [-0.3, -0.25) is 9.59 Å². The molecule has 0 aliphatic rings. The summed E-state index contributed by atoms with van der Waals surface area (Å²) < 4.78 is 17.7. The van der Waals surface area contributed by atoms with Crippen LogP contribution in [0, 0.1) is 6.92 Å². The lowest BCUT2D eigenvalue weighted by Crippen LogP contribution is -2.22. The number of aromatic nitrogens is 1. The molecule has 0 atom stereocenters. The monoisotopic (exact) mass is 434 g/mol. The fourth-order valence-corrected chi connectivity index (χ4v) is 4.10. The van der Waals surface area contributed by atoms with Gasteiger partial charge < -0.3 is 18.8 Å². The van der Waals surface area contributed by atoms with Crippen LogP contribution in [-0.4, -0.2) is 37.8 Å². The number of halogens is 1. The molecule has 0 saturated heterocycles. The summed E-state index contributed by atoms with van der Waals surface area (Å²) in [7, 11) is 4.32. The van der Waals surface area contributed by atoms with Gasteiger partial charge in [0.1, 0.15) is 6.54 Å². The second-order valence-corrected chi connectivity index (χ2v) is 7.47. The van der Waals surface area contributed by atoms with Gasteiger partial charge in [-0.15, -0.1) is 0 Å². The zero-order chi connectivity index (χ0) is 21.1. The molecule has 0 fully saturated rings. The van der Waals surface area contributed by atoms with Crippen molar-refractivity contribution in [1.82, 2.24) is 4.57 Å². The summed E-state index contributed by atoms with van der Waals surface area (Å²) >= 11 is 7.55. The summed E-state index contributed by atoms with van der Waals surface area (Å²) in [6.45, 7) is 1.76. The molecule has 29 heavy (non-hydrogen) atoms. The molecule has 0 radical (unpaired) electrons. The van der Waals surface area contributed by atoms with E-state index in [1.54, 1.807) is 28.8 Å². The van der Waals surface area contributed by atoms with Crippen LogP contribution in [0.25, 0.3) is 10.2 Å². The maximum atomic E-state index is 12.8. The van der Waals surface area contributed by atoms with Crippen molar-refractivity contribution < 1.29 is 23.8 Å². The minimum Gasteiger partial charge on any atom is -0.493 e. The molecule has 1 heterocycles. The van der Waals surface area contributed by atoms with Gasteiger partial charge in [0.25, 0.3) is 5.91 Å². The molecule has 3 rings (SSSR count). The summed E-state index contributed by atoms with van der Waals surface area (Å²) in [5.41, 5.74) is 1.87.